The summed E-state index contributed by atoms with van der Waals surface area (Å²) in [7, 11) is 0. The molecule has 0 radical (unpaired) electrons. The third kappa shape index (κ3) is 3.47. The third-order valence-corrected chi connectivity index (χ3v) is 1.87. The second-order valence-electron chi connectivity index (χ2n) is 3.05. The number of nitrogens with two attached hydrogens (primary N) is 1. The first-order valence-corrected chi connectivity index (χ1v) is 4.83. The Morgan fingerprint density at radius 3 is 2.64 bits per heavy atom. The van der Waals surface area contributed by atoms with Gasteiger partial charge in [-0.25, -0.2) is 0 Å². The average Bonchev–Trinajstić information content (AvgIpc) is 2.21. The van der Waals surface area contributed by atoms with Crippen molar-refractivity contribution in [3.8, 4) is 5.75 Å². The predicted molar refractivity (Wildman–Crippen MR) is 58.6 cm³/mol. The summed E-state index contributed by atoms with van der Waals surface area (Å²) in [5.74, 6) is 5.93. The monoisotopic (exact) mass is 192 g/mol. The van der Waals surface area contributed by atoms with Crippen LogP contribution >= 0.6 is 0 Å². The van der Waals surface area contributed by atoms with Crippen LogP contribution in [0.4, 0.5) is 0 Å². The number of benzene rings is 1. The van der Waals surface area contributed by atoms with Crippen molar-refractivity contribution < 1.29 is 4.74 Å². The third-order valence-electron chi connectivity index (χ3n) is 1.87. The number of hydrogen-bond donors (Lipinski definition) is 1. The van der Waals surface area contributed by atoms with Crippen LogP contribution in [0.2, 0.25) is 0 Å². The van der Waals surface area contributed by atoms with E-state index in [1.54, 1.807) is 6.21 Å². The van der Waals surface area contributed by atoms with Gasteiger partial charge in [-0.05, 0) is 36.2 Å². The Balaban J connectivity index is 2.46. The molecule has 1 aromatic rings. The highest BCUT2D eigenvalue weighted by molar-refractivity contribution is 5.79. The Morgan fingerprint density at radius 2 is 2.07 bits per heavy atom. The van der Waals surface area contributed by atoms with Crippen LogP contribution in [0.15, 0.2) is 29.4 Å². The van der Waals surface area contributed by atoms with E-state index in [0.717, 1.165) is 30.8 Å². The summed E-state index contributed by atoms with van der Waals surface area (Å²) in [6, 6.07) is 7.70. The van der Waals surface area contributed by atoms with Crippen LogP contribution in [-0.4, -0.2) is 12.8 Å². The van der Waals surface area contributed by atoms with Crippen LogP contribution in [0.5, 0.6) is 5.75 Å². The maximum Gasteiger partial charge on any atom is 0.119 e. The minimum Gasteiger partial charge on any atom is -0.494 e. The van der Waals surface area contributed by atoms with Crippen LogP contribution in [0, 0.1) is 0 Å². The minimum atomic E-state index is 0.779. The maximum atomic E-state index is 5.50. The van der Waals surface area contributed by atoms with Crippen molar-refractivity contribution in [2.75, 3.05) is 6.61 Å². The average molecular weight is 192 g/mol. The van der Waals surface area contributed by atoms with E-state index in [0.29, 0.717) is 0 Å². The highest BCUT2D eigenvalue weighted by Gasteiger charge is 1.92. The molecular weight excluding hydrogens is 176 g/mol. The zero-order valence-corrected chi connectivity index (χ0v) is 8.44. The molecule has 2 N–H and O–H groups in total. The summed E-state index contributed by atoms with van der Waals surface area (Å²) < 4.78 is 5.50. The molecule has 1 aromatic carbocycles. The van der Waals surface area contributed by atoms with E-state index < -0.39 is 0 Å². The number of ether oxygens (including phenoxy) is 1. The van der Waals surface area contributed by atoms with Crippen molar-refractivity contribution in [1.82, 2.24) is 0 Å². The zero-order chi connectivity index (χ0) is 10.2. The number of rotatable bonds is 5. The normalized spacial score (nSPS) is 10.6. The molecule has 1 rings (SSSR count). The first-order chi connectivity index (χ1) is 6.86. The molecule has 0 atom stereocenters. The first kappa shape index (κ1) is 10.6. The van der Waals surface area contributed by atoms with Gasteiger partial charge < -0.3 is 10.6 Å². The van der Waals surface area contributed by atoms with Gasteiger partial charge in [0.05, 0.1) is 12.8 Å². The van der Waals surface area contributed by atoms with Crippen LogP contribution < -0.4 is 10.6 Å². The van der Waals surface area contributed by atoms with E-state index in [1.165, 1.54) is 0 Å². The molecule has 0 aliphatic heterocycles. The number of unbranched alkanes of at least 4 members (excludes halogenated alkanes) is 1. The van der Waals surface area contributed by atoms with Gasteiger partial charge >= 0.3 is 0 Å². The summed E-state index contributed by atoms with van der Waals surface area (Å²) >= 11 is 0. The second-order valence-corrected chi connectivity index (χ2v) is 3.05. The summed E-state index contributed by atoms with van der Waals surface area (Å²) in [4.78, 5) is 0. The molecule has 0 spiro atoms. The fourth-order valence-corrected chi connectivity index (χ4v) is 1.07. The van der Waals surface area contributed by atoms with Crippen molar-refractivity contribution in [2.24, 2.45) is 10.9 Å². The fourth-order valence-electron chi connectivity index (χ4n) is 1.07. The molecule has 3 nitrogen and oxygen atoms in total. The molecular formula is C11H16N2O. The molecule has 0 heterocycles. The quantitative estimate of drug-likeness (QED) is 0.336. The van der Waals surface area contributed by atoms with Gasteiger partial charge in [0, 0.05) is 0 Å². The Labute approximate surface area is 84.6 Å². The van der Waals surface area contributed by atoms with E-state index in [2.05, 4.69) is 12.0 Å². The lowest BCUT2D eigenvalue weighted by molar-refractivity contribution is 0.309. The van der Waals surface area contributed by atoms with Gasteiger partial charge in [-0.2, -0.15) is 5.10 Å². The molecule has 0 saturated heterocycles. The molecule has 0 bridgehead atoms. The van der Waals surface area contributed by atoms with Gasteiger partial charge in [0.15, 0.2) is 0 Å². The zero-order valence-electron chi connectivity index (χ0n) is 8.44. The van der Waals surface area contributed by atoms with Gasteiger partial charge in [-0.15, -0.1) is 0 Å². The topological polar surface area (TPSA) is 47.6 Å². The lowest BCUT2D eigenvalue weighted by Crippen LogP contribution is -1.96. The molecule has 0 aromatic heterocycles. The second kappa shape index (κ2) is 6.02. The van der Waals surface area contributed by atoms with Crippen LogP contribution in [0.25, 0.3) is 0 Å². The molecule has 14 heavy (non-hydrogen) atoms. The predicted octanol–water partition coefficient (Wildman–Crippen LogP) is 2.16. The van der Waals surface area contributed by atoms with Crippen molar-refractivity contribution in [3.05, 3.63) is 29.8 Å². The van der Waals surface area contributed by atoms with Gasteiger partial charge in [-0.3, -0.25) is 0 Å². The lowest BCUT2D eigenvalue weighted by atomic mass is 10.2. The Bertz CT molecular complexity index is 280. The molecule has 0 aliphatic carbocycles. The summed E-state index contributed by atoms with van der Waals surface area (Å²) in [6.07, 6.45) is 3.85. The highest BCUT2D eigenvalue weighted by Crippen LogP contribution is 2.11. The fraction of sp³-hybridized carbons (Fsp3) is 0.364. The highest BCUT2D eigenvalue weighted by atomic mass is 16.5. The number of hydrazone groups is 1. The van der Waals surface area contributed by atoms with Crippen molar-refractivity contribution in [3.63, 3.8) is 0 Å². The van der Waals surface area contributed by atoms with E-state index >= 15 is 0 Å². The van der Waals surface area contributed by atoms with Gasteiger partial charge in [0.2, 0.25) is 0 Å². The standard InChI is InChI=1S/C11H16N2O/c1-2-3-8-14-11-6-4-10(5-7-11)9-13-12/h4-7,9H,2-3,8,12H2,1H3. The molecule has 0 amide bonds. The number of hydrogen-bond acceptors (Lipinski definition) is 3. The van der Waals surface area contributed by atoms with Crippen molar-refractivity contribution in [1.29, 1.82) is 0 Å². The minimum absolute atomic E-state index is 0.779. The van der Waals surface area contributed by atoms with E-state index in [-0.39, 0.29) is 0 Å². The smallest absolute Gasteiger partial charge is 0.119 e. The van der Waals surface area contributed by atoms with Crippen LogP contribution in [0.1, 0.15) is 25.3 Å². The molecule has 0 fully saturated rings. The molecule has 3 heteroatoms. The van der Waals surface area contributed by atoms with Crippen LogP contribution in [0.3, 0.4) is 0 Å². The van der Waals surface area contributed by atoms with Gasteiger partial charge in [0.1, 0.15) is 5.75 Å². The Hall–Kier alpha value is -1.51. The molecule has 76 valence electrons. The van der Waals surface area contributed by atoms with E-state index in [1.807, 2.05) is 24.3 Å². The lowest BCUT2D eigenvalue weighted by Gasteiger charge is -2.04. The largest absolute Gasteiger partial charge is 0.494 e. The summed E-state index contributed by atoms with van der Waals surface area (Å²) in [5.41, 5.74) is 0.982. The summed E-state index contributed by atoms with van der Waals surface area (Å²) in [6.45, 7) is 2.92. The maximum absolute atomic E-state index is 5.50. The van der Waals surface area contributed by atoms with Gasteiger partial charge in [0.25, 0.3) is 0 Å². The van der Waals surface area contributed by atoms with Crippen molar-refractivity contribution >= 4 is 6.21 Å². The molecule has 0 saturated carbocycles. The summed E-state index contributed by atoms with van der Waals surface area (Å²) in [5, 5.41) is 3.45. The Kier molecular flexibility index (Phi) is 4.55. The number of nitrogens with zero attached hydrogens (tertiary/aromatic N) is 1. The first-order valence-electron chi connectivity index (χ1n) is 4.83. The van der Waals surface area contributed by atoms with E-state index in [9.17, 15) is 0 Å². The van der Waals surface area contributed by atoms with Crippen molar-refractivity contribution in [2.45, 2.75) is 19.8 Å². The Morgan fingerprint density at radius 1 is 1.36 bits per heavy atom. The van der Waals surface area contributed by atoms with E-state index in [4.69, 9.17) is 10.6 Å². The molecule has 0 unspecified atom stereocenters. The molecule has 0 aliphatic rings. The van der Waals surface area contributed by atoms with Gasteiger partial charge in [-0.1, -0.05) is 13.3 Å². The van der Waals surface area contributed by atoms with Crippen LogP contribution in [-0.2, 0) is 0 Å². The SMILES string of the molecule is CCCCOc1ccc(C=NN)cc1.